The molecule has 0 saturated carbocycles. The summed E-state index contributed by atoms with van der Waals surface area (Å²) in [6, 6.07) is 12.6. The monoisotopic (exact) mass is 367 g/mol. The van der Waals surface area contributed by atoms with Gasteiger partial charge in [0.1, 0.15) is 17.4 Å². The highest BCUT2D eigenvalue weighted by Gasteiger charge is 2.20. The summed E-state index contributed by atoms with van der Waals surface area (Å²) >= 11 is 0. The number of ether oxygens (including phenoxy) is 1. The third kappa shape index (κ3) is 5.75. The second kappa shape index (κ2) is 9.25. The van der Waals surface area contributed by atoms with Crippen LogP contribution in [-0.4, -0.2) is 32.1 Å². The Hall–Kier alpha value is -3.53. The highest BCUT2D eigenvalue weighted by molar-refractivity contribution is 5.99. The zero-order valence-electron chi connectivity index (χ0n) is 15.4. The fraction of sp³-hybridized carbons (Fsp3) is 0.250. The van der Waals surface area contributed by atoms with Crippen molar-refractivity contribution in [3.8, 4) is 6.07 Å². The summed E-state index contributed by atoms with van der Waals surface area (Å²) in [6.45, 7) is 1.63. The van der Waals surface area contributed by atoms with Gasteiger partial charge >= 0.3 is 5.97 Å². The van der Waals surface area contributed by atoms with E-state index < -0.39 is 18.0 Å². The van der Waals surface area contributed by atoms with Gasteiger partial charge in [-0.15, -0.1) is 0 Å². The van der Waals surface area contributed by atoms with Crippen LogP contribution in [0, 0.1) is 11.3 Å². The number of nitriles is 1. The predicted molar refractivity (Wildman–Crippen MR) is 100 cm³/mol. The first kappa shape index (κ1) is 19.8. The normalized spacial score (nSPS) is 12.0. The van der Waals surface area contributed by atoms with E-state index in [4.69, 9.17) is 9.15 Å². The number of nitrogens with zero attached hydrogens (tertiary/aromatic N) is 2. The minimum atomic E-state index is -1.04. The lowest BCUT2D eigenvalue weighted by Crippen LogP contribution is -2.35. The maximum atomic E-state index is 12.2. The molecule has 1 aromatic heterocycles. The highest BCUT2D eigenvalue weighted by atomic mass is 16.5. The summed E-state index contributed by atoms with van der Waals surface area (Å²) in [5.41, 5.74) is 1.50. The summed E-state index contributed by atoms with van der Waals surface area (Å²) in [6.07, 6.45) is 1.88. The van der Waals surface area contributed by atoms with Gasteiger partial charge in [0.2, 0.25) is 0 Å². The van der Waals surface area contributed by atoms with Gasteiger partial charge in [0.05, 0.1) is 12.8 Å². The molecule has 0 aliphatic carbocycles. The summed E-state index contributed by atoms with van der Waals surface area (Å²) in [5, 5.41) is 11.8. The third-order valence-electron chi connectivity index (χ3n) is 3.73. The first-order chi connectivity index (χ1) is 12.9. The van der Waals surface area contributed by atoms with Gasteiger partial charge in [0.25, 0.3) is 5.91 Å². The van der Waals surface area contributed by atoms with Crippen LogP contribution >= 0.6 is 0 Å². The first-order valence-corrected chi connectivity index (χ1v) is 8.31. The van der Waals surface area contributed by atoms with Crippen molar-refractivity contribution in [1.82, 2.24) is 5.32 Å². The molecule has 0 radical (unpaired) electrons. The Balaban J connectivity index is 1.96. The van der Waals surface area contributed by atoms with Crippen LogP contribution < -0.4 is 10.2 Å². The Morgan fingerprint density at radius 1 is 1.30 bits per heavy atom. The van der Waals surface area contributed by atoms with Crippen molar-refractivity contribution in [2.24, 2.45) is 0 Å². The number of rotatable bonds is 7. The van der Waals surface area contributed by atoms with E-state index in [1.807, 2.05) is 37.2 Å². The Labute approximate surface area is 157 Å². The fourth-order valence-corrected chi connectivity index (χ4v) is 2.18. The number of nitrogens with one attached hydrogen (secondary N) is 1. The minimum absolute atomic E-state index is 0.182. The van der Waals surface area contributed by atoms with Gasteiger partial charge in [-0.05, 0) is 42.8 Å². The van der Waals surface area contributed by atoms with Crippen LogP contribution in [0.3, 0.4) is 0 Å². The SMILES string of the molecule is C[C@@H](OC(=O)/C(C#N)=C\c1ccc(N(C)C)cc1)C(=O)NCc1ccco1. The van der Waals surface area contributed by atoms with Crippen molar-refractivity contribution in [2.75, 3.05) is 19.0 Å². The standard InChI is InChI=1S/C20H21N3O4/c1-14(19(24)22-13-18-5-4-10-26-18)27-20(25)16(12-21)11-15-6-8-17(9-7-15)23(2)3/h4-11,14H,13H2,1-3H3,(H,22,24)/b16-11-/t14-/m1/s1. The topological polar surface area (TPSA) is 95.6 Å². The van der Waals surface area contributed by atoms with Gasteiger partial charge in [0, 0.05) is 19.8 Å². The molecule has 7 nitrogen and oxygen atoms in total. The van der Waals surface area contributed by atoms with Crippen LogP contribution in [0.15, 0.2) is 52.7 Å². The summed E-state index contributed by atoms with van der Waals surface area (Å²) in [7, 11) is 3.84. The second-order valence-electron chi connectivity index (χ2n) is 6.00. The van der Waals surface area contributed by atoms with Gasteiger partial charge in [-0.1, -0.05) is 12.1 Å². The maximum Gasteiger partial charge on any atom is 0.349 e. The molecule has 1 aromatic carbocycles. The number of hydrogen-bond acceptors (Lipinski definition) is 6. The molecule has 1 heterocycles. The molecule has 1 N–H and O–H groups in total. The van der Waals surface area contributed by atoms with Crippen LogP contribution in [-0.2, 0) is 20.9 Å². The average Bonchev–Trinajstić information content (AvgIpc) is 3.17. The quantitative estimate of drug-likeness (QED) is 0.459. The van der Waals surface area contributed by atoms with Crippen LogP contribution in [0.4, 0.5) is 5.69 Å². The Bertz CT molecular complexity index is 846. The van der Waals surface area contributed by atoms with Gasteiger partial charge in [-0.2, -0.15) is 5.26 Å². The van der Waals surface area contributed by atoms with Crippen molar-refractivity contribution < 1.29 is 18.7 Å². The number of hydrogen-bond donors (Lipinski definition) is 1. The minimum Gasteiger partial charge on any atom is -0.467 e. The molecule has 7 heteroatoms. The molecule has 0 aliphatic rings. The number of anilines is 1. The van der Waals surface area contributed by atoms with Crippen LogP contribution in [0.5, 0.6) is 0 Å². The lowest BCUT2D eigenvalue weighted by atomic mass is 10.1. The van der Waals surface area contributed by atoms with E-state index in [-0.39, 0.29) is 12.1 Å². The van der Waals surface area contributed by atoms with E-state index in [1.54, 1.807) is 24.3 Å². The van der Waals surface area contributed by atoms with Crippen molar-refractivity contribution in [3.05, 3.63) is 59.6 Å². The molecule has 0 saturated heterocycles. The van der Waals surface area contributed by atoms with E-state index >= 15 is 0 Å². The third-order valence-corrected chi connectivity index (χ3v) is 3.73. The van der Waals surface area contributed by atoms with Crippen molar-refractivity contribution in [2.45, 2.75) is 19.6 Å². The zero-order valence-corrected chi connectivity index (χ0v) is 15.4. The molecule has 140 valence electrons. The number of furan rings is 1. The van der Waals surface area contributed by atoms with Crippen LogP contribution in [0.1, 0.15) is 18.2 Å². The number of carbonyl (C=O) groups is 2. The molecule has 0 bridgehead atoms. The Morgan fingerprint density at radius 2 is 2.00 bits per heavy atom. The molecule has 2 rings (SSSR count). The van der Waals surface area contributed by atoms with Crippen LogP contribution in [0.25, 0.3) is 6.08 Å². The second-order valence-corrected chi connectivity index (χ2v) is 6.00. The number of carbonyl (C=O) groups excluding carboxylic acids is 2. The maximum absolute atomic E-state index is 12.2. The van der Waals surface area contributed by atoms with Gasteiger partial charge in [0.15, 0.2) is 6.10 Å². The number of amides is 1. The van der Waals surface area contributed by atoms with E-state index in [2.05, 4.69) is 5.32 Å². The molecule has 0 aliphatic heterocycles. The molecule has 0 fully saturated rings. The van der Waals surface area contributed by atoms with Gasteiger partial charge in [-0.25, -0.2) is 4.79 Å². The average molecular weight is 367 g/mol. The summed E-state index contributed by atoms with van der Waals surface area (Å²) in [4.78, 5) is 26.1. The summed E-state index contributed by atoms with van der Waals surface area (Å²) < 4.78 is 10.2. The van der Waals surface area contributed by atoms with E-state index in [0.29, 0.717) is 11.3 Å². The molecule has 1 amide bonds. The molecular weight excluding hydrogens is 346 g/mol. The van der Waals surface area contributed by atoms with E-state index in [0.717, 1.165) is 5.69 Å². The first-order valence-electron chi connectivity index (χ1n) is 8.31. The largest absolute Gasteiger partial charge is 0.467 e. The predicted octanol–water partition coefficient (Wildman–Crippen LogP) is 2.50. The van der Waals surface area contributed by atoms with Crippen molar-refractivity contribution in [3.63, 3.8) is 0 Å². The van der Waals surface area contributed by atoms with E-state index in [9.17, 15) is 14.9 Å². The molecule has 27 heavy (non-hydrogen) atoms. The Morgan fingerprint density at radius 3 is 2.56 bits per heavy atom. The van der Waals surface area contributed by atoms with Gasteiger partial charge in [-0.3, -0.25) is 4.79 Å². The molecule has 0 spiro atoms. The fourth-order valence-electron chi connectivity index (χ4n) is 2.18. The summed E-state index contributed by atoms with van der Waals surface area (Å²) in [5.74, 6) is -0.747. The Kier molecular flexibility index (Phi) is 6.78. The van der Waals surface area contributed by atoms with Crippen LogP contribution in [0.2, 0.25) is 0 Å². The smallest absolute Gasteiger partial charge is 0.349 e. The van der Waals surface area contributed by atoms with E-state index in [1.165, 1.54) is 19.3 Å². The van der Waals surface area contributed by atoms with Crippen molar-refractivity contribution >= 4 is 23.6 Å². The van der Waals surface area contributed by atoms with Crippen molar-refractivity contribution in [1.29, 1.82) is 5.26 Å². The lowest BCUT2D eigenvalue weighted by molar-refractivity contribution is -0.150. The highest BCUT2D eigenvalue weighted by Crippen LogP contribution is 2.15. The molecule has 0 unspecified atom stereocenters. The zero-order chi connectivity index (χ0) is 19.8. The van der Waals surface area contributed by atoms with Gasteiger partial charge < -0.3 is 19.4 Å². The molecule has 1 atom stereocenters. The number of esters is 1. The molecule has 2 aromatic rings. The lowest BCUT2D eigenvalue weighted by Gasteiger charge is -2.13. The molecular formula is C20H21N3O4. The number of benzene rings is 1.